The zero-order valence-electron chi connectivity index (χ0n) is 11.8. The number of hydrogen-bond acceptors (Lipinski definition) is 4. The van der Waals surface area contributed by atoms with E-state index in [9.17, 15) is 4.79 Å². The molecule has 2 aliphatic rings. The monoisotopic (exact) mass is 255 g/mol. The lowest BCUT2D eigenvalue weighted by molar-refractivity contribution is -0.132. The van der Waals surface area contributed by atoms with Crippen LogP contribution in [0.25, 0.3) is 0 Å². The van der Waals surface area contributed by atoms with E-state index in [0.29, 0.717) is 12.0 Å². The van der Waals surface area contributed by atoms with Crippen LogP contribution >= 0.6 is 0 Å². The molecule has 2 fully saturated rings. The number of amides is 1. The summed E-state index contributed by atoms with van der Waals surface area (Å²) < 4.78 is 5.29. The van der Waals surface area contributed by atoms with Gasteiger partial charge in [0.1, 0.15) is 0 Å². The minimum Gasteiger partial charge on any atom is -0.380 e. The summed E-state index contributed by atoms with van der Waals surface area (Å²) >= 11 is 0. The standard InChI is InChI=1S/C13H25N3O2/c1-9-7-16(8-12(9)15(2)3)13(17)11-5-10(18-4)6-14-11/h9-12,14H,5-8H2,1-4H3. The summed E-state index contributed by atoms with van der Waals surface area (Å²) in [6, 6.07) is 0.427. The lowest BCUT2D eigenvalue weighted by Crippen LogP contribution is -2.43. The summed E-state index contributed by atoms with van der Waals surface area (Å²) in [5.74, 6) is 0.786. The lowest BCUT2D eigenvalue weighted by Gasteiger charge is -2.23. The summed E-state index contributed by atoms with van der Waals surface area (Å²) in [4.78, 5) is 16.6. The van der Waals surface area contributed by atoms with Crippen molar-refractivity contribution in [2.45, 2.75) is 31.5 Å². The second-order valence-corrected chi connectivity index (χ2v) is 5.81. The van der Waals surface area contributed by atoms with Gasteiger partial charge in [-0.05, 0) is 26.4 Å². The molecule has 0 aliphatic carbocycles. The summed E-state index contributed by atoms with van der Waals surface area (Å²) in [6.07, 6.45) is 0.982. The van der Waals surface area contributed by atoms with Crippen LogP contribution in [0.1, 0.15) is 13.3 Å². The molecule has 0 radical (unpaired) electrons. The van der Waals surface area contributed by atoms with Crippen molar-refractivity contribution in [3.8, 4) is 0 Å². The van der Waals surface area contributed by atoms with Gasteiger partial charge in [0.15, 0.2) is 0 Å². The third-order valence-corrected chi connectivity index (χ3v) is 4.27. The van der Waals surface area contributed by atoms with Gasteiger partial charge in [0.05, 0.1) is 12.1 Å². The number of likely N-dealkylation sites (tertiary alicyclic amines) is 1. The first-order valence-electron chi connectivity index (χ1n) is 6.74. The van der Waals surface area contributed by atoms with E-state index in [1.54, 1.807) is 7.11 Å². The molecule has 0 aromatic heterocycles. The molecular weight excluding hydrogens is 230 g/mol. The third kappa shape index (κ3) is 2.68. The second kappa shape index (κ2) is 5.55. The molecule has 5 nitrogen and oxygen atoms in total. The van der Waals surface area contributed by atoms with Crippen molar-refractivity contribution in [1.82, 2.24) is 15.1 Å². The molecule has 0 spiro atoms. The number of likely N-dealkylation sites (N-methyl/N-ethyl adjacent to an activating group) is 1. The molecular formula is C13H25N3O2. The number of nitrogens with zero attached hydrogens (tertiary/aromatic N) is 2. The highest BCUT2D eigenvalue weighted by atomic mass is 16.5. The maximum absolute atomic E-state index is 12.4. The molecule has 18 heavy (non-hydrogen) atoms. The highest BCUT2D eigenvalue weighted by Crippen LogP contribution is 2.22. The highest BCUT2D eigenvalue weighted by Gasteiger charge is 2.38. The van der Waals surface area contributed by atoms with Crippen molar-refractivity contribution in [2.24, 2.45) is 5.92 Å². The first-order chi connectivity index (χ1) is 8.52. The van der Waals surface area contributed by atoms with Gasteiger partial charge in [-0.25, -0.2) is 0 Å². The van der Waals surface area contributed by atoms with Gasteiger partial charge < -0.3 is 19.9 Å². The Morgan fingerprint density at radius 1 is 1.39 bits per heavy atom. The van der Waals surface area contributed by atoms with Crippen molar-refractivity contribution in [3.05, 3.63) is 0 Å². The average Bonchev–Trinajstić information content (AvgIpc) is 2.94. The number of methoxy groups -OCH3 is 1. The summed E-state index contributed by atoms with van der Waals surface area (Å²) in [5.41, 5.74) is 0. The van der Waals surface area contributed by atoms with Crippen molar-refractivity contribution in [1.29, 1.82) is 0 Å². The Labute approximate surface area is 109 Å². The number of carbonyl (C=O) groups is 1. The van der Waals surface area contributed by atoms with Crippen LogP contribution in [0.2, 0.25) is 0 Å². The Hall–Kier alpha value is -0.650. The Bertz CT molecular complexity index is 309. The molecule has 1 amide bonds. The zero-order valence-corrected chi connectivity index (χ0v) is 11.8. The fourth-order valence-electron chi connectivity index (χ4n) is 3.09. The van der Waals surface area contributed by atoms with Gasteiger partial charge in [0.25, 0.3) is 0 Å². The second-order valence-electron chi connectivity index (χ2n) is 5.81. The minimum atomic E-state index is -0.0527. The molecule has 2 saturated heterocycles. The van der Waals surface area contributed by atoms with Crippen LogP contribution < -0.4 is 5.32 Å². The molecule has 5 heteroatoms. The lowest BCUT2D eigenvalue weighted by atomic mass is 10.1. The van der Waals surface area contributed by atoms with Crippen LogP contribution in [-0.4, -0.2) is 74.7 Å². The normalized spacial score (nSPS) is 36.6. The van der Waals surface area contributed by atoms with E-state index in [-0.39, 0.29) is 18.1 Å². The summed E-state index contributed by atoms with van der Waals surface area (Å²) in [5, 5.41) is 3.26. The molecule has 0 aromatic carbocycles. The van der Waals surface area contributed by atoms with Crippen LogP contribution in [-0.2, 0) is 9.53 Å². The predicted octanol–water partition coefficient (Wildman–Crippen LogP) is -0.228. The molecule has 2 aliphatic heterocycles. The number of nitrogens with one attached hydrogen (secondary N) is 1. The Balaban J connectivity index is 1.91. The molecule has 2 heterocycles. The first kappa shape index (κ1) is 13.8. The van der Waals surface area contributed by atoms with Crippen molar-refractivity contribution in [3.63, 3.8) is 0 Å². The van der Waals surface area contributed by atoms with Crippen molar-refractivity contribution in [2.75, 3.05) is 40.8 Å². The molecule has 0 bridgehead atoms. The fourth-order valence-corrected chi connectivity index (χ4v) is 3.09. The van der Waals surface area contributed by atoms with Gasteiger partial charge in [-0.1, -0.05) is 6.92 Å². The van der Waals surface area contributed by atoms with Crippen LogP contribution in [0.3, 0.4) is 0 Å². The van der Waals surface area contributed by atoms with E-state index in [1.807, 2.05) is 4.90 Å². The Morgan fingerprint density at radius 2 is 2.11 bits per heavy atom. The van der Waals surface area contributed by atoms with E-state index in [1.165, 1.54) is 0 Å². The third-order valence-electron chi connectivity index (χ3n) is 4.27. The average molecular weight is 255 g/mol. The van der Waals surface area contributed by atoms with Crippen LogP contribution in [0.15, 0.2) is 0 Å². The molecule has 1 N–H and O–H groups in total. The molecule has 4 unspecified atom stereocenters. The van der Waals surface area contributed by atoms with Crippen LogP contribution in [0, 0.1) is 5.92 Å². The maximum Gasteiger partial charge on any atom is 0.239 e. The smallest absolute Gasteiger partial charge is 0.239 e. The number of rotatable bonds is 3. The van der Waals surface area contributed by atoms with Crippen molar-refractivity contribution >= 4 is 5.91 Å². The Kier molecular flexibility index (Phi) is 4.25. The zero-order chi connectivity index (χ0) is 13.3. The van der Waals surface area contributed by atoms with E-state index in [4.69, 9.17) is 4.74 Å². The van der Waals surface area contributed by atoms with E-state index < -0.39 is 0 Å². The SMILES string of the molecule is COC1CNC(C(=O)N2CC(C)C(N(C)C)C2)C1. The van der Waals surface area contributed by atoms with Crippen LogP contribution in [0.5, 0.6) is 0 Å². The number of carbonyl (C=O) groups excluding carboxylic acids is 1. The minimum absolute atomic E-state index is 0.0527. The quantitative estimate of drug-likeness (QED) is 0.757. The van der Waals surface area contributed by atoms with Crippen molar-refractivity contribution < 1.29 is 9.53 Å². The highest BCUT2D eigenvalue weighted by molar-refractivity contribution is 5.82. The molecule has 0 saturated carbocycles. The summed E-state index contributed by atoms with van der Waals surface area (Å²) in [7, 11) is 5.88. The topological polar surface area (TPSA) is 44.8 Å². The molecule has 0 aromatic rings. The first-order valence-corrected chi connectivity index (χ1v) is 6.74. The van der Waals surface area contributed by atoms with E-state index in [2.05, 4.69) is 31.2 Å². The van der Waals surface area contributed by atoms with Gasteiger partial charge in [-0.3, -0.25) is 4.79 Å². The largest absolute Gasteiger partial charge is 0.380 e. The van der Waals surface area contributed by atoms with E-state index >= 15 is 0 Å². The van der Waals surface area contributed by atoms with Gasteiger partial charge in [-0.2, -0.15) is 0 Å². The maximum atomic E-state index is 12.4. The van der Waals surface area contributed by atoms with Crippen LogP contribution in [0.4, 0.5) is 0 Å². The van der Waals surface area contributed by atoms with Gasteiger partial charge in [-0.15, -0.1) is 0 Å². The molecule has 104 valence electrons. The number of ether oxygens (including phenoxy) is 1. The molecule has 4 atom stereocenters. The van der Waals surface area contributed by atoms with Gasteiger partial charge >= 0.3 is 0 Å². The number of hydrogen-bond donors (Lipinski definition) is 1. The molecule has 2 rings (SSSR count). The van der Waals surface area contributed by atoms with Gasteiger partial charge in [0, 0.05) is 32.8 Å². The summed E-state index contributed by atoms with van der Waals surface area (Å²) in [6.45, 7) is 4.73. The Morgan fingerprint density at radius 3 is 2.61 bits per heavy atom. The van der Waals surface area contributed by atoms with Gasteiger partial charge in [0.2, 0.25) is 5.91 Å². The van der Waals surface area contributed by atoms with E-state index in [0.717, 1.165) is 26.1 Å². The predicted molar refractivity (Wildman–Crippen MR) is 70.4 cm³/mol. The fraction of sp³-hybridized carbons (Fsp3) is 0.923.